The molecule has 2 aliphatic rings. The molecule has 5 nitrogen and oxygen atoms in total. The van der Waals surface area contributed by atoms with E-state index in [0.717, 1.165) is 23.9 Å². The van der Waals surface area contributed by atoms with Crippen molar-refractivity contribution in [1.29, 1.82) is 0 Å². The summed E-state index contributed by atoms with van der Waals surface area (Å²) < 4.78 is 0. The lowest BCUT2D eigenvalue weighted by molar-refractivity contribution is 0.0536. The van der Waals surface area contributed by atoms with Crippen molar-refractivity contribution in [2.24, 2.45) is 0 Å². The molecule has 1 N–H and O–H groups in total. The van der Waals surface area contributed by atoms with Crippen molar-refractivity contribution in [2.75, 3.05) is 26.2 Å². The SMILES string of the molecule is O=C(c1ccc(Cl)cc1)N1CCN(C(=O)c2cccc3c4c([nH]c23)CCCC4)CC1. The molecule has 0 spiro atoms. The summed E-state index contributed by atoms with van der Waals surface area (Å²) in [5.41, 5.74) is 4.99. The number of carbonyl (C=O) groups is 2. The van der Waals surface area contributed by atoms with E-state index in [4.69, 9.17) is 11.6 Å². The van der Waals surface area contributed by atoms with Crippen molar-refractivity contribution in [3.05, 3.63) is 69.9 Å². The van der Waals surface area contributed by atoms with Crippen molar-refractivity contribution in [2.45, 2.75) is 25.7 Å². The van der Waals surface area contributed by atoms with Gasteiger partial charge in [-0.1, -0.05) is 23.7 Å². The van der Waals surface area contributed by atoms with E-state index < -0.39 is 0 Å². The maximum absolute atomic E-state index is 13.3. The van der Waals surface area contributed by atoms with E-state index in [1.165, 1.54) is 29.5 Å². The molecule has 30 heavy (non-hydrogen) atoms. The first-order chi connectivity index (χ1) is 14.6. The Morgan fingerprint density at radius 3 is 2.23 bits per heavy atom. The molecule has 1 saturated heterocycles. The number of hydrogen-bond acceptors (Lipinski definition) is 2. The van der Waals surface area contributed by atoms with Crippen LogP contribution < -0.4 is 0 Å². The van der Waals surface area contributed by atoms with E-state index >= 15 is 0 Å². The molecule has 2 heterocycles. The fourth-order valence-electron chi connectivity index (χ4n) is 4.67. The van der Waals surface area contributed by atoms with Crippen molar-refractivity contribution >= 4 is 34.3 Å². The van der Waals surface area contributed by atoms with Gasteiger partial charge in [0.2, 0.25) is 0 Å². The Kier molecular flexibility index (Phi) is 4.99. The number of benzene rings is 2. The number of aromatic nitrogens is 1. The summed E-state index contributed by atoms with van der Waals surface area (Å²) in [6, 6.07) is 13.0. The third-order valence-electron chi connectivity index (χ3n) is 6.31. The van der Waals surface area contributed by atoms with Crippen LogP contribution in [0.25, 0.3) is 10.9 Å². The van der Waals surface area contributed by atoms with E-state index in [-0.39, 0.29) is 11.8 Å². The zero-order valence-corrected chi connectivity index (χ0v) is 17.5. The highest BCUT2D eigenvalue weighted by molar-refractivity contribution is 6.30. The number of piperazine rings is 1. The van der Waals surface area contributed by atoms with Crippen LogP contribution in [0.1, 0.15) is 44.8 Å². The molecule has 1 aliphatic carbocycles. The van der Waals surface area contributed by atoms with Crippen LogP contribution in [0.5, 0.6) is 0 Å². The van der Waals surface area contributed by atoms with Crippen molar-refractivity contribution in [3.8, 4) is 0 Å². The number of H-pyrrole nitrogens is 1. The van der Waals surface area contributed by atoms with Gasteiger partial charge in [-0.25, -0.2) is 0 Å². The second kappa shape index (κ2) is 7.80. The minimum atomic E-state index is -0.0158. The lowest BCUT2D eigenvalue weighted by Gasteiger charge is -2.35. The summed E-state index contributed by atoms with van der Waals surface area (Å²) >= 11 is 5.92. The third-order valence-corrected chi connectivity index (χ3v) is 6.56. The molecule has 0 saturated carbocycles. The van der Waals surface area contributed by atoms with Crippen LogP contribution in [-0.4, -0.2) is 52.8 Å². The summed E-state index contributed by atoms with van der Waals surface area (Å²) in [6.07, 6.45) is 4.55. The Bertz CT molecular complexity index is 1110. The van der Waals surface area contributed by atoms with Crippen LogP contribution in [0.3, 0.4) is 0 Å². The summed E-state index contributed by atoms with van der Waals surface area (Å²) in [4.78, 5) is 33.2. The van der Waals surface area contributed by atoms with Crippen molar-refractivity contribution < 1.29 is 9.59 Å². The van der Waals surface area contributed by atoms with Gasteiger partial charge in [-0.3, -0.25) is 9.59 Å². The minimum Gasteiger partial charge on any atom is -0.358 e. The van der Waals surface area contributed by atoms with E-state index in [2.05, 4.69) is 11.1 Å². The molecule has 0 unspecified atom stereocenters. The molecular formula is C24H24ClN3O2. The normalized spacial score (nSPS) is 16.6. The zero-order chi connectivity index (χ0) is 20.7. The van der Waals surface area contributed by atoms with Gasteiger partial charge < -0.3 is 14.8 Å². The van der Waals surface area contributed by atoms with Crippen LogP contribution in [0.15, 0.2) is 42.5 Å². The molecule has 2 amide bonds. The lowest BCUT2D eigenvalue weighted by atomic mass is 9.95. The highest BCUT2D eigenvalue weighted by Crippen LogP contribution is 2.31. The van der Waals surface area contributed by atoms with Crippen LogP contribution in [-0.2, 0) is 12.8 Å². The van der Waals surface area contributed by atoms with Gasteiger partial charge in [0.05, 0.1) is 11.1 Å². The Morgan fingerprint density at radius 2 is 1.50 bits per heavy atom. The quantitative estimate of drug-likeness (QED) is 0.670. The number of para-hydroxylation sites is 1. The maximum Gasteiger partial charge on any atom is 0.256 e. The van der Waals surface area contributed by atoms with E-state index in [9.17, 15) is 9.59 Å². The lowest BCUT2D eigenvalue weighted by Crippen LogP contribution is -2.50. The number of hydrogen-bond donors (Lipinski definition) is 1. The van der Waals surface area contributed by atoms with Gasteiger partial charge in [0.1, 0.15) is 0 Å². The molecule has 5 rings (SSSR count). The average Bonchev–Trinajstić information content (AvgIpc) is 3.18. The molecule has 0 bridgehead atoms. The van der Waals surface area contributed by atoms with Crippen LogP contribution >= 0.6 is 11.6 Å². The molecule has 0 radical (unpaired) electrons. The van der Waals surface area contributed by atoms with E-state index in [0.29, 0.717) is 36.8 Å². The molecule has 154 valence electrons. The first-order valence-corrected chi connectivity index (χ1v) is 11.0. The monoisotopic (exact) mass is 421 g/mol. The molecule has 2 aromatic carbocycles. The second-order valence-electron chi connectivity index (χ2n) is 8.11. The van der Waals surface area contributed by atoms with Gasteiger partial charge in [0.15, 0.2) is 0 Å². The van der Waals surface area contributed by atoms with Gasteiger partial charge in [0, 0.05) is 47.8 Å². The minimum absolute atomic E-state index is 0.0158. The molecule has 6 heteroatoms. The van der Waals surface area contributed by atoms with Crippen molar-refractivity contribution in [1.82, 2.24) is 14.8 Å². The molecular weight excluding hydrogens is 398 g/mol. The number of amides is 2. The number of fused-ring (bicyclic) bond motifs is 3. The number of rotatable bonds is 2. The number of nitrogens with zero attached hydrogens (tertiary/aromatic N) is 2. The van der Waals surface area contributed by atoms with Crippen molar-refractivity contribution in [3.63, 3.8) is 0 Å². The number of halogens is 1. The topological polar surface area (TPSA) is 56.4 Å². The molecule has 3 aromatic rings. The summed E-state index contributed by atoms with van der Waals surface area (Å²) in [6.45, 7) is 2.14. The first-order valence-electron chi connectivity index (χ1n) is 10.6. The maximum atomic E-state index is 13.3. The predicted octanol–water partition coefficient (Wildman–Crippen LogP) is 4.30. The smallest absolute Gasteiger partial charge is 0.256 e. The molecule has 1 fully saturated rings. The van der Waals surface area contributed by atoms with Gasteiger partial charge >= 0.3 is 0 Å². The summed E-state index contributed by atoms with van der Waals surface area (Å²) in [5.74, 6) is 0.0238. The Labute approximate surface area is 180 Å². The first kappa shape index (κ1) is 19.2. The number of nitrogens with one attached hydrogen (secondary N) is 1. The summed E-state index contributed by atoms with van der Waals surface area (Å²) in [7, 11) is 0. The Morgan fingerprint density at radius 1 is 0.833 bits per heavy atom. The zero-order valence-electron chi connectivity index (χ0n) is 16.8. The molecule has 1 aliphatic heterocycles. The van der Waals surface area contributed by atoms with E-state index in [1.54, 1.807) is 29.2 Å². The van der Waals surface area contributed by atoms with Crippen LogP contribution in [0, 0.1) is 0 Å². The largest absolute Gasteiger partial charge is 0.358 e. The standard InChI is InChI=1S/C24H24ClN3O2/c25-17-10-8-16(9-11-17)23(29)27-12-14-28(15-13-27)24(30)20-6-3-5-19-18-4-1-2-7-21(18)26-22(19)20/h3,5-6,8-11,26H,1-2,4,7,12-15H2. The van der Waals surface area contributed by atoms with Gasteiger partial charge in [-0.15, -0.1) is 0 Å². The van der Waals surface area contributed by atoms with Crippen LogP contribution in [0.4, 0.5) is 0 Å². The highest BCUT2D eigenvalue weighted by atomic mass is 35.5. The Balaban J connectivity index is 1.32. The fraction of sp³-hybridized carbons (Fsp3) is 0.333. The number of aromatic amines is 1. The third kappa shape index (κ3) is 3.37. The number of carbonyl (C=O) groups excluding carboxylic acids is 2. The fourth-order valence-corrected chi connectivity index (χ4v) is 4.79. The summed E-state index contributed by atoms with van der Waals surface area (Å²) in [5, 5.41) is 1.80. The van der Waals surface area contributed by atoms with E-state index in [1.807, 2.05) is 17.0 Å². The predicted molar refractivity (Wildman–Crippen MR) is 118 cm³/mol. The average molecular weight is 422 g/mol. The van der Waals surface area contributed by atoms with Gasteiger partial charge in [-0.05, 0) is 61.6 Å². The number of aryl methyl sites for hydroxylation is 2. The highest BCUT2D eigenvalue weighted by Gasteiger charge is 2.27. The molecule has 0 atom stereocenters. The van der Waals surface area contributed by atoms with Crippen LogP contribution in [0.2, 0.25) is 5.02 Å². The van der Waals surface area contributed by atoms with Gasteiger partial charge in [0.25, 0.3) is 11.8 Å². The van der Waals surface area contributed by atoms with Gasteiger partial charge in [-0.2, -0.15) is 0 Å². The molecule has 1 aromatic heterocycles. The second-order valence-corrected chi connectivity index (χ2v) is 8.55. The Hall–Kier alpha value is -2.79.